The van der Waals surface area contributed by atoms with Gasteiger partial charge in [-0.3, -0.25) is 0 Å². The summed E-state index contributed by atoms with van der Waals surface area (Å²) in [7, 11) is 0. The average molecular weight is 241 g/mol. The van der Waals surface area contributed by atoms with Crippen molar-refractivity contribution in [3.8, 4) is 0 Å². The second-order valence-electron chi connectivity index (χ2n) is 4.15. The molecule has 0 radical (unpaired) electrons. The molecule has 0 saturated heterocycles. The Hall–Kier alpha value is -0.290. The number of ether oxygens (including phenoxy) is 1. The third kappa shape index (κ3) is 13.7. The zero-order valence-electron chi connectivity index (χ0n) is 10.1. The van der Waals surface area contributed by atoms with Gasteiger partial charge in [0.2, 0.25) is 0 Å². The predicted molar refractivity (Wildman–Crippen MR) is 58.5 cm³/mol. The summed E-state index contributed by atoms with van der Waals surface area (Å²) in [6, 6.07) is 0.489. The first-order valence-electron chi connectivity index (χ1n) is 5.79. The van der Waals surface area contributed by atoms with E-state index in [1.54, 1.807) is 0 Å². The molecule has 0 amide bonds. The molecule has 5 heteroatoms. The minimum absolute atomic E-state index is 0.215. The van der Waals surface area contributed by atoms with Gasteiger partial charge in [-0.15, -0.1) is 0 Å². The molecule has 0 saturated carbocycles. The number of hydrogen-bond donors (Lipinski definition) is 1. The summed E-state index contributed by atoms with van der Waals surface area (Å²) in [4.78, 5) is 0. The third-order valence-electron chi connectivity index (χ3n) is 2.05. The van der Waals surface area contributed by atoms with Gasteiger partial charge < -0.3 is 10.1 Å². The lowest BCUT2D eigenvalue weighted by molar-refractivity contribution is -0.145. The summed E-state index contributed by atoms with van der Waals surface area (Å²) >= 11 is 0. The van der Waals surface area contributed by atoms with Gasteiger partial charge in [-0.25, -0.2) is 0 Å². The highest BCUT2D eigenvalue weighted by Crippen LogP contribution is 2.18. The summed E-state index contributed by atoms with van der Waals surface area (Å²) in [5.74, 6) is 0. The fourth-order valence-corrected chi connectivity index (χ4v) is 1.19. The van der Waals surface area contributed by atoms with Crippen molar-refractivity contribution in [1.82, 2.24) is 5.32 Å². The van der Waals surface area contributed by atoms with Gasteiger partial charge >= 0.3 is 6.18 Å². The second-order valence-corrected chi connectivity index (χ2v) is 4.15. The molecule has 0 rings (SSSR count). The Bertz CT molecular complexity index is 160. The number of hydrogen-bond acceptors (Lipinski definition) is 2. The van der Waals surface area contributed by atoms with Crippen molar-refractivity contribution in [2.75, 3.05) is 19.8 Å². The Morgan fingerprint density at radius 1 is 1.06 bits per heavy atom. The zero-order valence-corrected chi connectivity index (χ0v) is 10.1. The largest absolute Gasteiger partial charge is 0.391 e. The van der Waals surface area contributed by atoms with Crippen molar-refractivity contribution < 1.29 is 17.9 Å². The van der Waals surface area contributed by atoms with Crippen LogP contribution in [0.1, 0.15) is 39.5 Å². The monoisotopic (exact) mass is 241 g/mol. The van der Waals surface area contributed by atoms with Gasteiger partial charge in [0.05, 0.1) is 13.0 Å². The van der Waals surface area contributed by atoms with Crippen molar-refractivity contribution in [1.29, 1.82) is 0 Å². The lowest BCUT2D eigenvalue weighted by Gasteiger charge is -2.08. The highest BCUT2D eigenvalue weighted by atomic mass is 19.4. The molecule has 2 nitrogen and oxygen atoms in total. The van der Waals surface area contributed by atoms with E-state index in [1.165, 1.54) is 0 Å². The maximum atomic E-state index is 11.7. The molecule has 0 heterocycles. The van der Waals surface area contributed by atoms with Gasteiger partial charge in [0, 0.05) is 12.6 Å². The van der Waals surface area contributed by atoms with Crippen LogP contribution in [-0.2, 0) is 4.74 Å². The number of alkyl halides is 3. The highest BCUT2D eigenvalue weighted by molar-refractivity contribution is 4.53. The standard InChI is InChI=1S/C11H22F3NO/c1-10(2)15-7-4-3-5-8-16-9-6-11(12,13)14/h10,15H,3-9H2,1-2H3. The minimum Gasteiger partial charge on any atom is -0.381 e. The lowest BCUT2D eigenvalue weighted by Crippen LogP contribution is -2.23. The first kappa shape index (κ1) is 15.7. The zero-order chi connectivity index (χ0) is 12.4. The number of unbranched alkanes of at least 4 members (excludes halogenated alkanes) is 2. The molecule has 0 unspecified atom stereocenters. The van der Waals surface area contributed by atoms with Crippen LogP contribution in [0.4, 0.5) is 13.2 Å². The lowest BCUT2D eigenvalue weighted by atomic mass is 10.2. The maximum Gasteiger partial charge on any atom is 0.391 e. The van der Waals surface area contributed by atoms with E-state index in [2.05, 4.69) is 19.2 Å². The molecular formula is C11H22F3NO. The van der Waals surface area contributed by atoms with E-state index in [0.717, 1.165) is 25.8 Å². The fraction of sp³-hybridized carbons (Fsp3) is 1.00. The van der Waals surface area contributed by atoms with E-state index in [0.29, 0.717) is 12.6 Å². The van der Waals surface area contributed by atoms with Crippen molar-refractivity contribution in [3.05, 3.63) is 0 Å². The van der Waals surface area contributed by atoms with Crippen LogP contribution in [0.3, 0.4) is 0 Å². The molecule has 0 aromatic rings. The third-order valence-corrected chi connectivity index (χ3v) is 2.05. The van der Waals surface area contributed by atoms with Crippen LogP contribution in [-0.4, -0.2) is 32.0 Å². The molecule has 0 aliphatic heterocycles. The van der Waals surface area contributed by atoms with Crippen LogP contribution in [0.25, 0.3) is 0 Å². The van der Waals surface area contributed by atoms with Gasteiger partial charge in [-0.1, -0.05) is 13.8 Å². The van der Waals surface area contributed by atoms with Gasteiger partial charge in [0.15, 0.2) is 0 Å². The summed E-state index contributed by atoms with van der Waals surface area (Å²) < 4.78 is 40.1. The van der Waals surface area contributed by atoms with Gasteiger partial charge in [-0.05, 0) is 25.8 Å². The molecule has 0 aliphatic carbocycles. The molecule has 98 valence electrons. The van der Waals surface area contributed by atoms with Crippen LogP contribution >= 0.6 is 0 Å². The smallest absolute Gasteiger partial charge is 0.381 e. The van der Waals surface area contributed by atoms with E-state index in [-0.39, 0.29) is 6.61 Å². The van der Waals surface area contributed by atoms with Crippen LogP contribution in [0.2, 0.25) is 0 Å². The van der Waals surface area contributed by atoms with E-state index >= 15 is 0 Å². The van der Waals surface area contributed by atoms with Crippen molar-refractivity contribution in [2.45, 2.75) is 51.7 Å². The molecule has 0 aliphatic rings. The number of halogens is 3. The Balaban J connectivity index is 3.05. The Labute approximate surface area is 95.5 Å². The summed E-state index contributed by atoms with van der Waals surface area (Å²) in [6.45, 7) is 5.34. The van der Waals surface area contributed by atoms with Crippen molar-refractivity contribution in [2.24, 2.45) is 0 Å². The van der Waals surface area contributed by atoms with Gasteiger partial charge in [-0.2, -0.15) is 13.2 Å². The molecule has 0 fully saturated rings. The number of rotatable bonds is 9. The van der Waals surface area contributed by atoms with Crippen LogP contribution < -0.4 is 5.32 Å². The highest BCUT2D eigenvalue weighted by Gasteiger charge is 2.26. The maximum absolute atomic E-state index is 11.7. The number of nitrogens with one attached hydrogen (secondary N) is 1. The van der Waals surface area contributed by atoms with E-state index in [4.69, 9.17) is 4.74 Å². The fourth-order valence-electron chi connectivity index (χ4n) is 1.19. The Morgan fingerprint density at radius 3 is 2.31 bits per heavy atom. The molecule has 16 heavy (non-hydrogen) atoms. The van der Waals surface area contributed by atoms with Crippen LogP contribution in [0.15, 0.2) is 0 Å². The predicted octanol–water partition coefficient (Wildman–Crippen LogP) is 3.12. The molecule has 0 aromatic carbocycles. The molecule has 0 aromatic heterocycles. The second kappa shape index (κ2) is 8.82. The van der Waals surface area contributed by atoms with Gasteiger partial charge in [0.25, 0.3) is 0 Å². The summed E-state index contributed by atoms with van der Waals surface area (Å²) in [5, 5.41) is 3.28. The van der Waals surface area contributed by atoms with E-state index in [9.17, 15) is 13.2 Å². The quantitative estimate of drug-likeness (QED) is 0.626. The first-order valence-corrected chi connectivity index (χ1v) is 5.79. The molecule has 0 bridgehead atoms. The van der Waals surface area contributed by atoms with Gasteiger partial charge in [0.1, 0.15) is 0 Å². The van der Waals surface area contributed by atoms with Crippen LogP contribution in [0, 0.1) is 0 Å². The Morgan fingerprint density at radius 2 is 1.75 bits per heavy atom. The summed E-state index contributed by atoms with van der Waals surface area (Å²) in [5.41, 5.74) is 0. The average Bonchev–Trinajstić information content (AvgIpc) is 2.13. The normalized spacial score (nSPS) is 12.4. The molecular weight excluding hydrogens is 219 g/mol. The molecule has 1 N–H and O–H groups in total. The SMILES string of the molecule is CC(C)NCCCCCOCCC(F)(F)F. The molecule has 0 spiro atoms. The minimum atomic E-state index is -4.10. The first-order chi connectivity index (χ1) is 7.42. The van der Waals surface area contributed by atoms with E-state index < -0.39 is 12.6 Å². The Kier molecular flexibility index (Phi) is 8.66. The van der Waals surface area contributed by atoms with E-state index in [1.807, 2.05) is 0 Å². The van der Waals surface area contributed by atoms with Crippen molar-refractivity contribution >= 4 is 0 Å². The summed E-state index contributed by atoms with van der Waals surface area (Å²) in [6.07, 6.45) is -2.08. The van der Waals surface area contributed by atoms with Crippen LogP contribution in [0.5, 0.6) is 0 Å². The van der Waals surface area contributed by atoms with Crippen molar-refractivity contribution in [3.63, 3.8) is 0 Å². The molecule has 0 atom stereocenters. The topological polar surface area (TPSA) is 21.3 Å².